The Bertz CT molecular complexity index is 466. The number of halogens is 2. The number of hydrogen-bond donors (Lipinski definition) is 2. The standard InChI is InChI=1S/C16H21BrN2O.ClH/c17-13-7-5-11(6-8-13)10-18-16(20)15-9-12-3-1-2-4-14(12)19-15;/h5-8,12,14-15,19H,1-4,9-10H2,(H,18,20);1H. The van der Waals surface area contributed by atoms with E-state index in [1.807, 2.05) is 24.3 Å². The van der Waals surface area contributed by atoms with E-state index >= 15 is 0 Å². The van der Waals surface area contributed by atoms with Gasteiger partial charge in [0.15, 0.2) is 0 Å². The van der Waals surface area contributed by atoms with Crippen molar-refractivity contribution in [3.05, 3.63) is 34.3 Å². The third kappa shape index (κ3) is 4.21. The summed E-state index contributed by atoms with van der Waals surface area (Å²) in [4.78, 5) is 12.2. The van der Waals surface area contributed by atoms with Crippen molar-refractivity contribution in [2.75, 3.05) is 0 Å². The molecular formula is C16H22BrClN2O. The van der Waals surface area contributed by atoms with Gasteiger partial charge in [0.05, 0.1) is 6.04 Å². The highest BCUT2D eigenvalue weighted by atomic mass is 79.9. The van der Waals surface area contributed by atoms with Crippen molar-refractivity contribution in [2.45, 2.75) is 50.7 Å². The van der Waals surface area contributed by atoms with E-state index in [4.69, 9.17) is 0 Å². The van der Waals surface area contributed by atoms with Crippen LogP contribution in [0.1, 0.15) is 37.7 Å². The SMILES string of the molecule is Cl.O=C(NCc1ccc(Br)cc1)C1CC2CCCCC2N1. The zero-order chi connectivity index (χ0) is 13.9. The van der Waals surface area contributed by atoms with Crippen LogP contribution in [-0.4, -0.2) is 18.0 Å². The molecule has 1 saturated carbocycles. The van der Waals surface area contributed by atoms with Gasteiger partial charge in [-0.15, -0.1) is 12.4 Å². The molecule has 1 aromatic rings. The van der Waals surface area contributed by atoms with Crippen molar-refractivity contribution in [2.24, 2.45) is 5.92 Å². The largest absolute Gasteiger partial charge is 0.351 e. The van der Waals surface area contributed by atoms with E-state index in [0.717, 1.165) is 16.5 Å². The van der Waals surface area contributed by atoms with E-state index in [1.54, 1.807) is 0 Å². The van der Waals surface area contributed by atoms with Crippen molar-refractivity contribution < 1.29 is 4.79 Å². The molecule has 0 aromatic heterocycles. The second-order valence-corrected chi connectivity index (χ2v) is 6.87. The maximum absolute atomic E-state index is 12.2. The van der Waals surface area contributed by atoms with Crippen molar-refractivity contribution in [3.63, 3.8) is 0 Å². The fourth-order valence-electron chi connectivity index (χ4n) is 3.44. The molecule has 1 amide bonds. The van der Waals surface area contributed by atoms with Gasteiger partial charge in [0.25, 0.3) is 0 Å². The Balaban J connectivity index is 0.00000161. The lowest BCUT2D eigenvalue weighted by molar-refractivity contribution is -0.123. The van der Waals surface area contributed by atoms with E-state index < -0.39 is 0 Å². The summed E-state index contributed by atoms with van der Waals surface area (Å²) in [5.41, 5.74) is 1.14. The van der Waals surface area contributed by atoms with E-state index in [2.05, 4.69) is 26.6 Å². The number of hydrogen-bond acceptors (Lipinski definition) is 2. The topological polar surface area (TPSA) is 41.1 Å². The molecule has 5 heteroatoms. The summed E-state index contributed by atoms with van der Waals surface area (Å²) in [6, 6.07) is 8.66. The molecule has 3 atom stereocenters. The molecule has 21 heavy (non-hydrogen) atoms. The fourth-order valence-corrected chi connectivity index (χ4v) is 3.70. The Labute approximate surface area is 140 Å². The molecule has 3 rings (SSSR count). The first kappa shape index (κ1) is 16.8. The number of rotatable bonds is 3. The molecule has 0 radical (unpaired) electrons. The van der Waals surface area contributed by atoms with Crippen LogP contribution >= 0.6 is 28.3 Å². The Hall–Kier alpha value is -0.580. The molecule has 0 bridgehead atoms. The molecule has 1 aliphatic heterocycles. The van der Waals surface area contributed by atoms with Gasteiger partial charge in [0.1, 0.15) is 0 Å². The van der Waals surface area contributed by atoms with E-state index in [9.17, 15) is 4.79 Å². The Morgan fingerprint density at radius 3 is 2.67 bits per heavy atom. The average Bonchev–Trinajstić information content (AvgIpc) is 2.90. The summed E-state index contributed by atoms with van der Waals surface area (Å²) in [5, 5.41) is 6.57. The average molecular weight is 374 g/mol. The first-order valence-electron chi connectivity index (χ1n) is 7.50. The molecule has 2 aliphatic rings. The van der Waals surface area contributed by atoms with Crippen LogP contribution in [-0.2, 0) is 11.3 Å². The fraction of sp³-hybridized carbons (Fsp3) is 0.562. The first-order chi connectivity index (χ1) is 9.72. The van der Waals surface area contributed by atoms with Crippen LogP contribution in [0.2, 0.25) is 0 Å². The Kier molecular flexibility index (Phi) is 6.08. The minimum absolute atomic E-state index is 0. The molecule has 2 N–H and O–H groups in total. The summed E-state index contributed by atoms with van der Waals surface area (Å²) in [7, 11) is 0. The molecule has 0 spiro atoms. The predicted octanol–water partition coefficient (Wildman–Crippen LogP) is 3.41. The highest BCUT2D eigenvalue weighted by Crippen LogP contribution is 2.33. The van der Waals surface area contributed by atoms with Crippen LogP contribution in [0.5, 0.6) is 0 Å². The highest BCUT2D eigenvalue weighted by molar-refractivity contribution is 9.10. The number of nitrogens with one attached hydrogen (secondary N) is 2. The molecule has 2 fully saturated rings. The van der Waals surface area contributed by atoms with Gasteiger partial charge in [-0.1, -0.05) is 40.9 Å². The van der Waals surface area contributed by atoms with Crippen LogP contribution in [0.25, 0.3) is 0 Å². The predicted molar refractivity (Wildman–Crippen MR) is 90.5 cm³/mol. The molecule has 3 unspecified atom stereocenters. The molecule has 1 saturated heterocycles. The van der Waals surface area contributed by atoms with Crippen molar-refractivity contribution in [1.82, 2.24) is 10.6 Å². The van der Waals surface area contributed by atoms with Crippen molar-refractivity contribution in [1.29, 1.82) is 0 Å². The first-order valence-corrected chi connectivity index (χ1v) is 8.30. The van der Waals surface area contributed by atoms with E-state index in [-0.39, 0.29) is 24.4 Å². The van der Waals surface area contributed by atoms with Gasteiger partial charge in [0, 0.05) is 17.1 Å². The van der Waals surface area contributed by atoms with Crippen molar-refractivity contribution in [3.8, 4) is 0 Å². The molecule has 1 aliphatic carbocycles. The van der Waals surface area contributed by atoms with Crippen LogP contribution in [0.3, 0.4) is 0 Å². The van der Waals surface area contributed by atoms with Crippen LogP contribution in [0, 0.1) is 5.92 Å². The monoisotopic (exact) mass is 372 g/mol. The van der Waals surface area contributed by atoms with Gasteiger partial charge < -0.3 is 10.6 Å². The van der Waals surface area contributed by atoms with E-state index in [1.165, 1.54) is 25.7 Å². The van der Waals surface area contributed by atoms with Crippen LogP contribution in [0.4, 0.5) is 0 Å². The molecule has 1 aromatic carbocycles. The van der Waals surface area contributed by atoms with Crippen LogP contribution < -0.4 is 10.6 Å². The Morgan fingerprint density at radius 1 is 1.24 bits per heavy atom. The number of carbonyl (C=O) groups is 1. The minimum atomic E-state index is 0. The molecule has 116 valence electrons. The maximum Gasteiger partial charge on any atom is 0.237 e. The van der Waals surface area contributed by atoms with Gasteiger partial charge in [-0.05, 0) is 42.9 Å². The van der Waals surface area contributed by atoms with E-state index in [0.29, 0.717) is 18.5 Å². The van der Waals surface area contributed by atoms with Gasteiger partial charge in [-0.3, -0.25) is 4.79 Å². The van der Waals surface area contributed by atoms with Crippen LogP contribution in [0.15, 0.2) is 28.7 Å². The zero-order valence-corrected chi connectivity index (χ0v) is 14.4. The van der Waals surface area contributed by atoms with Gasteiger partial charge in [0.2, 0.25) is 5.91 Å². The quantitative estimate of drug-likeness (QED) is 0.852. The maximum atomic E-state index is 12.2. The Morgan fingerprint density at radius 2 is 1.95 bits per heavy atom. The van der Waals surface area contributed by atoms with Gasteiger partial charge in [-0.25, -0.2) is 0 Å². The molecule has 1 heterocycles. The summed E-state index contributed by atoms with van der Waals surface area (Å²) in [6.07, 6.45) is 6.17. The molecule has 3 nitrogen and oxygen atoms in total. The lowest BCUT2D eigenvalue weighted by Gasteiger charge is -2.24. The summed E-state index contributed by atoms with van der Waals surface area (Å²) in [6.45, 7) is 0.611. The third-order valence-corrected chi connectivity index (χ3v) is 5.09. The number of carbonyl (C=O) groups excluding carboxylic acids is 1. The minimum Gasteiger partial charge on any atom is -0.351 e. The normalized spacial score (nSPS) is 27.6. The third-order valence-electron chi connectivity index (χ3n) is 4.56. The zero-order valence-electron chi connectivity index (χ0n) is 12.0. The lowest BCUT2D eigenvalue weighted by atomic mass is 9.85. The van der Waals surface area contributed by atoms with Crippen molar-refractivity contribution >= 4 is 34.2 Å². The highest BCUT2D eigenvalue weighted by Gasteiger charge is 2.37. The van der Waals surface area contributed by atoms with Gasteiger partial charge in [-0.2, -0.15) is 0 Å². The van der Waals surface area contributed by atoms with Gasteiger partial charge >= 0.3 is 0 Å². The second-order valence-electron chi connectivity index (χ2n) is 5.95. The summed E-state index contributed by atoms with van der Waals surface area (Å²) < 4.78 is 1.06. The lowest BCUT2D eigenvalue weighted by Crippen LogP contribution is -2.42. The number of benzene rings is 1. The number of amides is 1. The second kappa shape index (κ2) is 7.61. The molecular weight excluding hydrogens is 352 g/mol. The summed E-state index contributed by atoms with van der Waals surface area (Å²) >= 11 is 3.42. The smallest absolute Gasteiger partial charge is 0.237 e. The summed E-state index contributed by atoms with van der Waals surface area (Å²) in [5.74, 6) is 0.870. The number of fused-ring (bicyclic) bond motifs is 1.